The van der Waals surface area contributed by atoms with Crippen molar-refractivity contribution in [2.75, 3.05) is 5.32 Å². The number of nitrogens with one attached hydrogen (secondary N) is 1. The third kappa shape index (κ3) is 2.85. The second-order valence-electron chi connectivity index (χ2n) is 4.97. The van der Waals surface area contributed by atoms with E-state index in [0.29, 0.717) is 11.6 Å². The van der Waals surface area contributed by atoms with Gasteiger partial charge >= 0.3 is 0 Å². The van der Waals surface area contributed by atoms with Gasteiger partial charge < -0.3 is 11.1 Å². The topological polar surface area (TPSA) is 80.9 Å². The minimum Gasteiger partial charge on any atom is -0.366 e. The lowest BCUT2D eigenvalue weighted by atomic mass is 10.2. The van der Waals surface area contributed by atoms with Gasteiger partial charge in [-0.3, -0.25) is 4.79 Å². The van der Waals surface area contributed by atoms with Gasteiger partial charge in [0.25, 0.3) is 0 Å². The van der Waals surface area contributed by atoms with E-state index in [1.54, 1.807) is 6.20 Å². The highest BCUT2D eigenvalue weighted by Gasteiger charge is 2.07. The molecule has 0 aliphatic carbocycles. The van der Waals surface area contributed by atoms with Crippen LogP contribution in [-0.4, -0.2) is 15.9 Å². The lowest BCUT2D eigenvalue weighted by molar-refractivity contribution is 0.1000. The van der Waals surface area contributed by atoms with Crippen LogP contribution in [0.2, 0.25) is 0 Å². The number of primary amides is 1. The highest BCUT2D eigenvalue weighted by Crippen LogP contribution is 2.19. The van der Waals surface area contributed by atoms with E-state index in [-0.39, 0.29) is 5.56 Å². The summed E-state index contributed by atoms with van der Waals surface area (Å²) < 4.78 is 13.5. The van der Waals surface area contributed by atoms with E-state index < -0.39 is 11.7 Å². The molecule has 0 aliphatic heterocycles. The van der Waals surface area contributed by atoms with Crippen LogP contribution in [0.25, 0.3) is 10.9 Å². The molecule has 0 unspecified atom stereocenters. The van der Waals surface area contributed by atoms with Gasteiger partial charge in [-0.1, -0.05) is 11.6 Å². The molecule has 0 spiro atoms. The highest BCUT2D eigenvalue weighted by atomic mass is 19.1. The molecule has 0 bridgehead atoms. The number of anilines is 2. The first-order valence-electron chi connectivity index (χ1n) is 6.62. The van der Waals surface area contributed by atoms with E-state index in [2.05, 4.69) is 15.3 Å². The van der Waals surface area contributed by atoms with Crippen LogP contribution >= 0.6 is 0 Å². The van der Waals surface area contributed by atoms with Crippen LogP contribution < -0.4 is 11.1 Å². The van der Waals surface area contributed by atoms with Gasteiger partial charge in [-0.2, -0.15) is 0 Å². The molecule has 0 aliphatic rings. The van der Waals surface area contributed by atoms with E-state index >= 15 is 0 Å². The summed E-state index contributed by atoms with van der Waals surface area (Å²) in [5, 5.41) is 3.80. The van der Waals surface area contributed by atoms with Gasteiger partial charge in [0.15, 0.2) is 0 Å². The largest absolute Gasteiger partial charge is 0.366 e. The van der Waals surface area contributed by atoms with Crippen LogP contribution in [0.3, 0.4) is 0 Å². The number of aromatic nitrogens is 2. The predicted molar refractivity (Wildman–Crippen MR) is 82.5 cm³/mol. The van der Waals surface area contributed by atoms with Gasteiger partial charge in [0.1, 0.15) is 5.82 Å². The molecule has 1 amide bonds. The van der Waals surface area contributed by atoms with Crippen LogP contribution in [0.4, 0.5) is 16.0 Å². The summed E-state index contributed by atoms with van der Waals surface area (Å²) in [4.78, 5) is 19.7. The van der Waals surface area contributed by atoms with Crippen molar-refractivity contribution in [3.63, 3.8) is 0 Å². The molecule has 6 heteroatoms. The zero-order valence-electron chi connectivity index (χ0n) is 11.8. The van der Waals surface area contributed by atoms with Crippen LogP contribution in [0, 0.1) is 12.7 Å². The Hall–Kier alpha value is -3.02. The Balaban J connectivity index is 1.96. The molecule has 0 saturated heterocycles. The average Bonchev–Trinajstić information content (AvgIpc) is 2.47. The van der Waals surface area contributed by atoms with Crippen molar-refractivity contribution in [3.8, 4) is 0 Å². The molecule has 22 heavy (non-hydrogen) atoms. The van der Waals surface area contributed by atoms with Crippen molar-refractivity contribution >= 4 is 28.4 Å². The highest BCUT2D eigenvalue weighted by molar-refractivity contribution is 5.94. The van der Waals surface area contributed by atoms with Gasteiger partial charge in [-0.05, 0) is 37.3 Å². The van der Waals surface area contributed by atoms with Crippen LogP contribution in [0.5, 0.6) is 0 Å². The normalized spacial score (nSPS) is 10.6. The number of hydrogen-bond donors (Lipinski definition) is 2. The lowest BCUT2D eigenvalue weighted by Gasteiger charge is -2.07. The molecule has 1 heterocycles. The monoisotopic (exact) mass is 296 g/mol. The van der Waals surface area contributed by atoms with Crippen LogP contribution in [0.1, 0.15) is 15.9 Å². The van der Waals surface area contributed by atoms with E-state index in [1.165, 1.54) is 12.1 Å². The number of nitrogens with two attached hydrogens (primary N) is 1. The van der Waals surface area contributed by atoms with Crippen molar-refractivity contribution in [3.05, 3.63) is 59.5 Å². The molecule has 0 saturated carbocycles. The third-order valence-electron chi connectivity index (χ3n) is 3.17. The van der Waals surface area contributed by atoms with Crippen molar-refractivity contribution in [1.29, 1.82) is 0 Å². The molecular weight excluding hydrogens is 283 g/mol. The summed E-state index contributed by atoms with van der Waals surface area (Å²) in [6, 6.07) is 9.59. The fourth-order valence-corrected chi connectivity index (χ4v) is 2.15. The second kappa shape index (κ2) is 5.40. The minimum absolute atomic E-state index is 0.0823. The van der Waals surface area contributed by atoms with E-state index in [9.17, 15) is 9.18 Å². The number of nitrogens with zero attached hydrogens (tertiary/aromatic N) is 2. The molecule has 3 aromatic rings. The average molecular weight is 296 g/mol. The molecule has 5 nitrogen and oxygen atoms in total. The van der Waals surface area contributed by atoms with Gasteiger partial charge in [0.05, 0.1) is 5.52 Å². The molecule has 3 rings (SSSR count). The third-order valence-corrected chi connectivity index (χ3v) is 3.17. The molecule has 0 radical (unpaired) electrons. The number of aryl methyl sites for hydroxylation is 1. The molecule has 2 aromatic carbocycles. The van der Waals surface area contributed by atoms with Crippen molar-refractivity contribution < 1.29 is 9.18 Å². The van der Waals surface area contributed by atoms with Crippen molar-refractivity contribution in [1.82, 2.24) is 9.97 Å². The second-order valence-corrected chi connectivity index (χ2v) is 4.97. The van der Waals surface area contributed by atoms with Gasteiger partial charge in [-0.25, -0.2) is 14.4 Å². The van der Waals surface area contributed by atoms with Crippen LogP contribution in [-0.2, 0) is 0 Å². The summed E-state index contributed by atoms with van der Waals surface area (Å²) in [6.07, 6.45) is 1.69. The first kappa shape index (κ1) is 13.9. The van der Waals surface area contributed by atoms with Gasteiger partial charge in [0, 0.05) is 22.8 Å². The molecule has 0 fully saturated rings. The molecule has 0 atom stereocenters. The minimum atomic E-state index is -0.697. The Morgan fingerprint density at radius 1 is 1.23 bits per heavy atom. The SMILES string of the molecule is Cc1ccc2nc(Nc3cc(F)cc(C(N)=O)c3)ncc2c1. The Kier molecular flexibility index (Phi) is 3.42. The number of rotatable bonds is 3. The summed E-state index contributed by atoms with van der Waals surface area (Å²) in [5.41, 5.74) is 7.50. The zero-order valence-corrected chi connectivity index (χ0v) is 11.8. The van der Waals surface area contributed by atoms with Crippen molar-refractivity contribution in [2.24, 2.45) is 5.73 Å². The van der Waals surface area contributed by atoms with E-state index in [1.807, 2.05) is 25.1 Å². The van der Waals surface area contributed by atoms with Crippen LogP contribution in [0.15, 0.2) is 42.6 Å². The smallest absolute Gasteiger partial charge is 0.248 e. The molecule has 110 valence electrons. The number of halogens is 1. The number of benzene rings is 2. The summed E-state index contributed by atoms with van der Waals surface area (Å²) in [6.45, 7) is 1.99. The van der Waals surface area contributed by atoms with E-state index in [0.717, 1.165) is 22.5 Å². The fourth-order valence-electron chi connectivity index (χ4n) is 2.15. The summed E-state index contributed by atoms with van der Waals surface area (Å²) in [7, 11) is 0. The number of hydrogen-bond acceptors (Lipinski definition) is 4. The summed E-state index contributed by atoms with van der Waals surface area (Å²) >= 11 is 0. The first-order valence-corrected chi connectivity index (χ1v) is 6.62. The molecule has 3 N–H and O–H groups in total. The maximum absolute atomic E-state index is 13.5. The number of carbonyl (C=O) groups is 1. The Labute approximate surface area is 126 Å². The van der Waals surface area contributed by atoms with E-state index in [4.69, 9.17) is 5.73 Å². The number of carbonyl (C=O) groups excluding carboxylic acids is 1. The lowest BCUT2D eigenvalue weighted by Crippen LogP contribution is -2.11. The predicted octanol–water partition coefficient (Wildman–Crippen LogP) is 2.92. The molecular formula is C16H13FN4O. The van der Waals surface area contributed by atoms with Gasteiger partial charge in [0.2, 0.25) is 11.9 Å². The Morgan fingerprint density at radius 3 is 2.82 bits per heavy atom. The number of fused-ring (bicyclic) bond motifs is 1. The van der Waals surface area contributed by atoms with Gasteiger partial charge in [-0.15, -0.1) is 0 Å². The zero-order chi connectivity index (χ0) is 15.7. The quantitative estimate of drug-likeness (QED) is 0.778. The Bertz CT molecular complexity index is 879. The first-order chi connectivity index (χ1) is 10.5. The number of amides is 1. The molecule has 1 aromatic heterocycles. The fraction of sp³-hybridized carbons (Fsp3) is 0.0625. The maximum Gasteiger partial charge on any atom is 0.248 e. The standard InChI is InChI=1S/C16H13FN4O/c1-9-2-3-14-11(4-9)8-19-16(21-14)20-13-6-10(15(18)22)5-12(17)7-13/h2-8H,1H3,(H2,18,22)(H,19,20,21). The maximum atomic E-state index is 13.5. The summed E-state index contributed by atoms with van der Waals surface area (Å²) in [5.74, 6) is -0.940. The van der Waals surface area contributed by atoms with Crippen molar-refractivity contribution in [2.45, 2.75) is 6.92 Å². The Morgan fingerprint density at radius 2 is 2.05 bits per heavy atom.